The van der Waals surface area contributed by atoms with Crippen molar-refractivity contribution in [2.75, 3.05) is 13.1 Å². The standard InChI is InChI=1S/C16H27N3O2/c1-4-6-16(15(20)21)7-9-18(10-8-16)13(3)14-11-17-19(5-2)12-14/h11-13H,4-10H2,1-3H3,(H,20,21). The van der Waals surface area contributed by atoms with Crippen molar-refractivity contribution in [2.24, 2.45) is 5.41 Å². The van der Waals surface area contributed by atoms with E-state index in [1.165, 1.54) is 5.56 Å². The van der Waals surface area contributed by atoms with E-state index in [0.717, 1.165) is 45.3 Å². The first-order valence-corrected chi connectivity index (χ1v) is 8.02. The van der Waals surface area contributed by atoms with Crippen LogP contribution in [0.3, 0.4) is 0 Å². The molecule has 1 aromatic heterocycles. The summed E-state index contributed by atoms with van der Waals surface area (Å²) in [5.41, 5.74) is 0.716. The van der Waals surface area contributed by atoms with Gasteiger partial charge in [-0.2, -0.15) is 5.10 Å². The Morgan fingerprint density at radius 3 is 2.57 bits per heavy atom. The number of aryl methyl sites for hydroxylation is 1. The van der Waals surface area contributed by atoms with Crippen LogP contribution in [-0.2, 0) is 11.3 Å². The molecule has 2 heterocycles. The SMILES string of the molecule is CCCC1(C(=O)O)CCN(C(C)c2cnn(CC)c2)CC1. The van der Waals surface area contributed by atoms with E-state index >= 15 is 0 Å². The smallest absolute Gasteiger partial charge is 0.309 e. The Labute approximate surface area is 126 Å². The molecule has 0 saturated carbocycles. The third-order valence-corrected chi connectivity index (χ3v) is 4.94. The van der Waals surface area contributed by atoms with Crippen molar-refractivity contribution >= 4 is 5.97 Å². The normalized spacial score (nSPS) is 20.3. The Morgan fingerprint density at radius 1 is 1.43 bits per heavy atom. The average molecular weight is 293 g/mol. The molecule has 1 unspecified atom stereocenters. The van der Waals surface area contributed by atoms with Crippen LogP contribution in [0.1, 0.15) is 58.1 Å². The number of carbonyl (C=O) groups is 1. The maximum absolute atomic E-state index is 11.6. The largest absolute Gasteiger partial charge is 0.481 e. The maximum Gasteiger partial charge on any atom is 0.309 e. The molecule has 5 heteroatoms. The summed E-state index contributed by atoms with van der Waals surface area (Å²) in [5, 5.41) is 13.9. The molecule has 0 aromatic carbocycles. The zero-order valence-electron chi connectivity index (χ0n) is 13.4. The Morgan fingerprint density at radius 2 is 2.10 bits per heavy atom. The van der Waals surface area contributed by atoms with Gasteiger partial charge >= 0.3 is 5.97 Å². The van der Waals surface area contributed by atoms with Crippen LogP contribution in [0.15, 0.2) is 12.4 Å². The predicted octanol–water partition coefficient (Wildman–Crippen LogP) is 2.93. The number of rotatable bonds is 6. The van der Waals surface area contributed by atoms with Crippen LogP contribution in [0.4, 0.5) is 0 Å². The van der Waals surface area contributed by atoms with Crippen LogP contribution in [0.2, 0.25) is 0 Å². The molecule has 1 aliphatic heterocycles. The van der Waals surface area contributed by atoms with Crippen LogP contribution in [0.25, 0.3) is 0 Å². The molecule has 1 atom stereocenters. The number of piperidine rings is 1. The second-order valence-corrected chi connectivity index (χ2v) is 6.18. The van der Waals surface area contributed by atoms with E-state index in [0.29, 0.717) is 6.04 Å². The highest BCUT2D eigenvalue weighted by atomic mass is 16.4. The second kappa shape index (κ2) is 6.60. The zero-order chi connectivity index (χ0) is 15.5. The molecule has 0 spiro atoms. The van der Waals surface area contributed by atoms with Gasteiger partial charge in [-0.15, -0.1) is 0 Å². The summed E-state index contributed by atoms with van der Waals surface area (Å²) < 4.78 is 1.94. The minimum absolute atomic E-state index is 0.304. The Bertz CT molecular complexity index is 476. The number of nitrogens with zero attached hydrogens (tertiary/aromatic N) is 3. The molecular weight excluding hydrogens is 266 g/mol. The molecule has 1 saturated heterocycles. The summed E-state index contributed by atoms with van der Waals surface area (Å²) in [6, 6.07) is 0.304. The summed E-state index contributed by atoms with van der Waals surface area (Å²) in [5.74, 6) is -0.615. The second-order valence-electron chi connectivity index (χ2n) is 6.18. The number of carboxylic acids is 1. The summed E-state index contributed by atoms with van der Waals surface area (Å²) in [6.07, 6.45) is 7.25. The fourth-order valence-electron chi connectivity index (χ4n) is 3.37. The molecule has 1 aliphatic rings. The highest BCUT2D eigenvalue weighted by Gasteiger charge is 2.41. The Balaban J connectivity index is 2.01. The van der Waals surface area contributed by atoms with E-state index in [4.69, 9.17) is 0 Å². The number of aliphatic carboxylic acids is 1. The van der Waals surface area contributed by atoms with Crippen LogP contribution in [0, 0.1) is 5.41 Å². The molecule has 0 amide bonds. The minimum atomic E-state index is -0.615. The van der Waals surface area contributed by atoms with Crippen molar-refractivity contribution in [2.45, 2.75) is 59.0 Å². The lowest BCUT2D eigenvalue weighted by molar-refractivity contribution is -0.153. The molecule has 1 fully saturated rings. The third-order valence-electron chi connectivity index (χ3n) is 4.94. The number of hydrogen-bond acceptors (Lipinski definition) is 3. The van der Waals surface area contributed by atoms with Gasteiger partial charge in [0.05, 0.1) is 11.6 Å². The highest BCUT2D eigenvalue weighted by Crippen LogP contribution is 2.38. The van der Waals surface area contributed by atoms with Crippen molar-refractivity contribution in [3.8, 4) is 0 Å². The summed E-state index contributed by atoms with van der Waals surface area (Å²) in [4.78, 5) is 14.0. The average Bonchev–Trinajstić information content (AvgIpc) is 2.96. The first-order valence-electron chi connectivity index (χ1n) is 8.02. The van der Waals surface area contributed by atoms with Gasteiger partial charge in [-0.3, -0.25) is 14.4 Å². The molecule has 1 N–H and O–H groups in total. The van der Waals surface area contributed by atoms with Gasteiger partial charge in [-0.05, 0) is 46.2 Å². The number of carboxylic acid groups (broad SMARTS) is 1. The first-order chi connectivity index (χ1) is 10.0. The van der Waals surface area contributed by atoms with Crippen molar-refractivity contribution in [1.29, 1.82) is 0 Å². The fourth-order valence-corrected chi connectivity index (χ4v) is 3.37. The van der Waals surface area contributed by atoms with Crippen molar-refractivity contribution < 1.29 is 9.90 Å². The first kappa shape index (κ1) is 16.0. The quantitative estimate of drug-likeness (QED) is 0.876. The van der Waals surface area contributed by atoms with Gasteiger partial charge in [0.25, 0.3) is 0 Å². The van der Waals surface area contributed by atoms with Gasteiger partial charge in [-0.25, -0.2) is 0 Å². The van der Waals surface area contributed by atoms with Gasteiger partial charge in [0.2, 0.25) is 0 Å². The molecule has 0 aliphatic carbocycles. The van der Waals surface area contributed by atoms with Gasteiger partial charge in [0.1, 0.15) is 0 Å². The Kier molecular flexibility index (Phi) is 5.04. The van der Waals surface area contributed by atoms with E-state index in [9.17, 15) is 9.90 Å². The fraction of sp³-hybridized carbons (Fsp3) is 0.750. The summed E-state index contributed by atoms with van der Waals surface area (Å²) >= 11 is 0. The summed E-state index contributed by atoms with van der Waals surface area (Å²) in [6.45, 7) is 8.92. The molecule has 118 valence electrons. The number of aromatic nitrogens is 2. The molecule has 5 nitrogen and oxygen atoms in total. The van der Waals surface area contributed by atoms with Crippen LogP contribution in [0.5, 0.6) is 0 Å². The van der Waals surface area contributed by atoms with Gasteiger partial charge < -0.3 is 5.11 Å². The summed E-state index contributed by atoms with van der Waals surface area (Å²) in [7, 11) is 0. The molecule has 2 rings (SSSR count). The van der Waals surface area contributed by atoms with E-state index in [1.54, 1.807) is 0 Å². The van der Waals surface area contributed by atoms with E-state index in [-0.39, 0.29) is 0 Å². The van der Waals surface area contributed by atoms with Crippen molar-refractivity contribution in [3.05, 3.63) is 18.0 Å². The van der Waals surface area contributed by atoms with E-state index < -0.39 is 11.4 Å². The zero-order valence-corrected chi connectivity index (χ0v) is 13.4. The lowest BCUT2D eigenvalue weighted by Crippen LogP contribution is -2.45. The van der Waals surface area contributed by atoms with E-state index in [2.05, 4.69) is 37.0 Å². The lowest BCUT2D eigenvalue weighted by atomic mass is 9.74. The lowest BCUT2D eigenvalue weighted by Gasteiger charge is -2.41. The predicted molar refractivity (Wildman–Crippen MR) is 82.1 cm³/mol. The molecule has 0 bridgehead atoms. The molecule has 1 aromatic rings. The Hall–Kier alpha value is -1.36. The topological polar surface area (TPSA) is 58.4 Å². The molecule has 21 heavy (non-hydrogen) atoms. The molecule has 0 radical (unpaired) electrons. The van der Waals surface area contributed by atoms with Crippen LogP contribution >= 0.6 is 0 Å². The maximum atomic E-state index is 11.6. The van der Waals surface area contributed by atoms with Crippen molar-refractivity contribution in [3.63, 3.8) is 0 Å². The van der Waals surface area contributed by atoms with Crippen LogP contribution < -0.4 is 0 Å². The van der Waals surface area contributed by atoms with Gasteiger partial charge in [0, 0.05) is 24.3 Å². The third kappa shape index (κ3) is 3.28. The number of hydrogen-bond donors (Lipinski definition) is 1. The van der Waals surface area contributed by atoms with E-state index in [1.807, 2.05) is 10.9 Å². The number of likely N-dealkylation sites (tertiary alicyclic amines) is 1. The minimum Gasteiger partial charge on any atom is -0.481 e. The van der Waals surface area contributed by atoms with Gasteiger partial charge in [-0.1, -0.05) is 13.3 Å². The highest BCUT2D eigenvalue weighted by molar-refractivity contribution is 5.74. The van der Waals surface area contributed by atoms with Gasteiger partial charge in [0.15, 0.2) is 0 Å². The molecular formula is C16H27N3O2. The monoisotopic (exact) mass is 293 g/mol. The van der Waals surface area contributed by atoms with Crippen LogP contribution in [-0.4, -0.2) is 38.8 Å². The van der Waals surface area contributed by atoms with Crippen molar-refractivity contribution in [1.82, 2.24) is 14.7 Å².